The molecule has 1 atom stereocenters. The summed E-state index contributed by atoms with van der Waals surface area (Å²) in [5.74, 6) is 3.46. The van der Waals surface area contributed by atoms with E-state index in [1.165, 1.54) is 18.4 Å². The summed E-state index contributed by atoms with van der Waals surface area (Å²) in [7, 11) is 1.80. The van der Waals surface area contributed by atoms with Crippen LogP contribution in [0.3, 0.4) is 0 Å². The Morgan fingerprint density at radius 1 is 1.27 bits per heavy atom. The van der Waals surface area contributed by atoms with E-state index in [1.807, 2.05) is 6.07 Å². The number of halogens is 1. The molecule has 1 saturated carbocycles. The van der Waals surface area contributed by atoms with Gasteiger partial charge in [-0.2, -0.15) is 4.98 Å². The van der Waals surface area contributed by atoms with Crippen LogP contribution in [0.4, 0.5) is 0 Å². The molecule has 0 radical (unpaired) electrons. The summed E-state index contributed by atoms with van der Waals surface area (Å²) in [6.07, 6.45) is 6.36. The fraction of sp³-hybridized carbons (Fsp3) is 0.591. The average molecular weight is 525 g/mol. The highest BCUT2D eigenvalue weighted by atomic mass is 127. The quantitative estimate of drug-likeness (QED) is 0.343. The first-order valence-corrected chi connectivity index (χ1v) is 10.7. The van der Waals surface area contributed by atoms with Gasteiger partial charge in [-0.15, -0.1) is 24.0 Å². The molecule has 1 fully saturated rings. The lowest BCUT2D eigenvalue weighted by Gasteiger charge is -2.40. The maximum Gasteiger partial charge on any atom is 0.228 e. The topological polar surface area (TPSA) is 84.6 Å². The Morgan fingerprint density at radius 2 is 2.03 bits per heavy atom. The summed E-state index contributed by atoms with van der Waals surface area (Å²) < 4.78 is 11.8. The first kappa shape index (κ1) is 22.8. The number of hydrogen-bond acceptors (Lipinski definition) is 5. The summed E-state index contributed by atoms with van der Waals surface area (Å²) >= 11 is 0. The summed E-state index contributed by atoms with van der Waals surface area (Å²) in [6.45, 7) is 4.79. The molecule has 0 bridgehead atoms. The molecule has 1 aliphatic heterocycles. The van der Waals surface area contributed by atoms with Gasteiger partial charge in [0.25, 0.3) is 0 Å². The van der Waals surface area contributed by atoms with Crippen LogP contribution in [0.15, 0.2) is 33.8 Å². The third-order valence-electron chi connectivity index (χ3n) is 5.88. The number of fused-ring (bicyclic) bond motifs is 1. The molecule has 4 rings (SSSR count). The second-order valence-electron chi connectivity index (χ2n) is 8.38. The second-order valence-corrected chi connectivity index (χ2v) is 8.38. The molecular formula is C22H32IN5O2. The SMILES string of the molecule is CN=C(NCCc1nc(C(C)C)no1)NC1CC2(CCCC2)Oc2ccccc21.I. The van der Waals surface area contributed by atoms with Crippen LogP contribution in [0.1, 0.15) is 75.2 Å². The number of benzene rings is 1. The number of ether oxygens (including phenoxy) is 1. The Bertz CT molecular complexity index is 861. The molecule has 1 aliphatic carbocycles. The molecule has 2 aromatic rings. The zero-order chi connectivity index (χ0) is 20.3. The number of aromatic nitrogens is 2. The van der Waals surface area contributed by atoms with Crippen molar-refractivity contribution in [2.24, 2.45) is 4.99 Å². The zero-order valence-electron chi connectivity index (χ0n) is 18.0. The number of para-hydroxylation sites is 1. The van der Waals surface area contributed by atoms with Crippen LogP contribution >= 0.6 is 24.0 Å². The molecule has 2 N–H and O–H groups in total. The van der Waals surface area contributed by atoms with Crippen LogP contribution in [-0.2, 0) is 6.42 Å². The first-order valence-electron chi connectivity index (χ1n) is 10.7. The third-order valence-corrected chi connectivity index (χ3v) is 5.88. The van der Waals surface area contributed by atoms with Crippen LogP contribution < -0.4 is 15.4 Å². The van der Waals surface area contributed by atoms with Crippen molar-refractivity contribution in [3.63, 3.8) is 0 Å². The second kappa shape index (κ2) is 9.98. The Labute approximate surface area is 195 Å². The zero-order valence-corrected chi connectivity index (χ0v) is 20.3. The highest BCUT2D eigenvalue weighted by Crippen LogP contribution is 2.46. The van der Waals surface area contributed by atoms with Crippen LogP contribution in [0, 0.1) is 0 Å². The van der Waals surface area contributed by atoms with Crippen molar-refractivity contribution in [3.05, 3.63) is 41.5 Å². The highest BCUT2D eigenvalue weighted by Gasteiger charge is 2.43. The van der Waals surface area contributed by atoms with Gasteiger partial charge in [0.15, 0.2) is 11.8 Å². The Morgan fingerprint density at radius 3 is 2.73 bits per heavy atom. The molecule has 1 spiro atoms. The Balaban J connectivity index is 0.00000256. The predicted molar refractivity (Wildman–Crippen MR) is 128 cm³/mol. The van der Waals surface area contributed by atoms with Gasteiger partial charge in [-0.05, 0) is 31.7 Å². The summed E-state index contributed by atoms with van der Waals surface area (Å²) in [6, 6.07) is 8.53. The van der Waals surface area contributed by atoms with Gasteiger partial charge >= 0.3 is 0 Å². The number of nitrogens with zero attached hydrogens (tertiary/aromatic N) is 3. The van der Waals surface area contributed by atoms with Gasteiger partial charge in [0.1, 0.15) is 11.4 Å². The van der Waals surface area contributed by atoms with Gasteiger partial charge in [0, 0.05) is 37.9 Å². The summed E-state index contributed by atoms with van der Waals surface area (Å²) in [5, 5.41) is 11.0. The molecule has 7 nitrogen and oxygen atoms in total. The molecule has 2 heterocycles. The Hall–Kier alpha value is -1.84. The van der Waals surface area contributed by atoms with E-state index < -0.39 is 0 Å². The molecule has 0 saturated heterocycles. The van der Waals surface area contributed by atoms with E-state index in [1.54, 1.807) is 7.05 Å². The molecule has 30 heavy (non-hydrogen) atoms. The van der Waals surface area contributed by atoms with Gasteiger partial charge in [0.2, 0.25) is 5.89 Å². The molecule has 2 aliphatic rings. The van der Waals surface area contributed by atoms with E-state index >= 15 is 0 Å². The number of nitrogens with one attached hydrogen (secondary N) is 2. The van der Waals surface area contributed by atoms with Crippen LogP contribution in [0.2, 0.25) is 0 Å². The number of guanidine groups is 1. The van der Waals surface area contributed by atoms with Gasteiger partial charge in [0.05, 0.1) is 6.04 Å². The fourth-order valence-corrected chi connectivity index (χ4v) is 4.32. The van der Waals surface area contributed by atoms with E-state index in [-0.39, 0.29) is 41.5 Å². The van der Waals surface area contributed by atoms with Crippen molar-refractivity contribution in [1.82, 2.24) is 20.8 Å². The van der Waals surface area contributed by atoms with Crippen molar-refractivity contribution >= 4 is 29.9 Å². The van der Waals surface area contributed by atoms with Gasteiger partial charge in [-0.3, -0.25) is 4.99 Å². The average Bonchev–Trinajstić information content (AvgIpc) is 3.37. The van der Waals surface area contributed by atoms with Crippen molar-refractivity contribution in [2.45, 2.75) is 69.9 Å². The molecule has 1 aromatic heterocycles. The molecule has 1 unspecified atom stereocenters. The largest absolute Gasteiger partial charge is 0.487 e. The first-order chi connectivity index (χ1) is 14.1. The van der Waals surface area contributed by atoms with E-state index in [0.29, 0.717) is 18.9 Å². The minimum absolute atomic E-state index is 0. The predicted octanol–water partition coefficient (Wildman–Crippen LogP) is 4.36. The third kappa shape index (κ3) is 5.07. The van der Waals surface area contributed by atoms with Gasteiger partial charge in [-0.1, -0.05) is 37.2 Å². The van der Waals surface area contributed by atoms with E-state index in [4.69, 9.17) is 9.26 Å². The van der Waals surface area contributed by atoms with Crippen molar-refractivity contribution in [3.8, 4) is 5.75 Å². The smallest absolute Gasteiger partial charge is 0.228 e. The Kier molecular flexibility index (Phi) is 7.60. The molecule has 164 valence electrons. The minimum Gasteiger partial charge on any atom is -0.487 e. The van der Waals surface area contributed by atoms with E-state index in [0.717, 1.165) is 36.8 Å². The van der Waals surface area contributed by atoms with Crippen LogP contribution in [-0.4, -0.2) is 35.3 Å². The molecule has 1 aromatic carbocycles. The van der Waals surface area contributed by atoms with Crippen LogP contribution in [0.25, 0.3) is 0 Å². The van der Waals surface area contributed by atoms with Crippen LogP contribution in [0.5, 0.6) is 5.75 Å². The number of rotatable bonds is 5. The molecule has 0 amide bonds. The van der Waals surface area contributed by atoms with E-state index in [9.17, 15) is 0 Å². The standard InChI is InChI=1S/C22H31N5O2.HI/c1-15(2)20-26-19(29-27-20)10-13-24-21(23-3)25-17-14-22(11-6-7-12-22)28-18-9-5-4-8-16(17)18;/h4-5,8-9,15,17H,6-7,10-14H2,1-3H3,(H2,23,24,25);1H. The number of aliphatic imine (C=N–C) groups is 1. The lowest BCUT2D eigenvalue weighted by Crippen LogP contribution is -2.47. The normalized spacial score (nSPS) is 19.9. The van der Waals surface area contributed by atoms with Crippen molar-refractivity contribution < 1.29 is 9.26 Å². The fourth-order valence-electron chi connectivity index (χ4n) is 4.32. The van der Waals surface area contributed by atoms with Crippen molar-refractivity contribution in [1.29, 1.82) is 0 Å². The minimum atomic E-state index is -0.0398. The maximum atomic E-state index is 6.46. The lowest BCUT2D eigenvalue weighted by atomic mass is 9.86. The monoisotopic (exact) mass is 525 g/mol. The molecule has 8 heteroatoms. The maximum absolute atomic E-state index is 6.46. The lowest BCUT2D eigenvalue weighted by molar-refractivity contribution is 0.0396. The highest BCUT2D eigenvalue weighted by molar-refractivity contribution is 14.0. The van der Waals surface area contributed by atoms with E-state index in [2.05, 4.69) is 57.8 Å². The van der Waals surface area contributed by atoms with Gasteiger partial charge in [-0.25, -0.2) is 0 Å². The summed E-state index contributed by atoms with van der Waals surface area (Å²) in [5.41, 5.74) is 1.16. The summed E-state index contributed by atoms with van der Waals surface area (Å²) in [4.78, 5) is 8.85. The molecular weight excluding hydrogens is 493 g/mol. The van der Waals surface area contributed by atoms with Crippen molar-refractivity contribution in [2.75, 3.05) is 13.6 Å². The van der Waals surface area contributed by atoms with Gasteiger partial charge < -0.3 is 19.9 Å². The number of hydrogen-bond donors (Lipinski definition) is 2.